The average molecular weight is 494 g/mol. The Bertz CT molecular complexity index is 947. The number of carbonyl (C=O) groups is 1. The Morgan fingerprint density at radius 1 is 0.972 bits per heavy atom. The van der Waals surface area contributed by atoms with E-state index < -0.39 is 0 Å². The van der Waals surface area contributed by atoms with Crippen LogP contribution in [0.25, 0.3) is 6.08 Å². The first kappa shape index (κ1) is 26.4. The van der Waals surface area contributed by atoms with Crippen molar-refractivity contribution in [3.05, 3.63) is 71.6 Å². The molecule has 2 fully saturated rings. The molecule has 1 N–H and O–H groups in total. The normalized spacial score (nSPS) is 17.6. The van der Waals surface area contributed by atoms with E-state index in [1.807, 2.05) is 0 Å². The van der Waals surface area contributed by atoms with Gasteiger partial charge >= 0.3 is 0 Å². The van der Waals surface area contributed by atoms with Gasteiger partial charge in [0.1, 0.15) is 11.6 Å². The quantitative estimate of drug-likeness (QED) is 0.417. The number of rotatable bonds is 12. The number of amides is 1. The smallest absolute Gasteiger partial charge is 0.220 e. The van der Waals surface area contributed by atoms with Gasteiger partial charge in [-0.25, -0.2) is 4.39 Å². The molecular formula is C30H40FN3O2. The number of halogens is 1. The van der Waals surface area contributed by atoms with Crippen LogP contribution >= 0.6 is 0 Å². The molecule has 0 spiro atoms. The predicted molar refractivity (Wildman–Crippen MR) is 143 cm³/mol. The summed E-state index contributed by atoms with van der Waals surface area (Å²) >= 11 is 0. The second-order valence-electron chi connectivity index (χ2n) is 10.1. The van der Waals surface area contributed by atoms with Crippen molar-refractivity contribution < 1.29 is 13.9 Å². The SMILES string of the molecule is O=C(CC1CCN(C/C=C/c2ccc(OCCCN3CCCC3)cc2)CC1)NCc1ccc(F)cc1. The van der Waals surface area contributed by atoms with Crippen molar-refractivity contribution in [3.8, 4) is 5.75 Å². The third-order valence-electron chi connectivity index (χ3n) is 7.22. The van der Waals surface area contributed by atoms with E-state index in [-0.39, 0.29) is 11.7 Å². The Labute approximate surface area is 215 Å². The summed E-state index contributed by atoms with van der Waals surface area (Å²) in [7, 11) is 0. The lowest BCUT2D eigenvalue weighted by atomic mass is 9.93. The second kappa shape index (κ2) is 14.1. The predicted octanol–water partition coefficient (Wildman–Crippen LogP) is 5.12. The van der Waals surface area contributed by atoms with Gasteiger partial charge in [-0.3, -0.25) is 9.69 Å². The van der Waals surface area contributed by atoms with Crippen molar-refractivity contribution in [1.29, 1.82) is 0 Å². The van der Waals surface area contributed by atoms with Crippen molar-refractivity contribution in [2.45, 2.75) is 45.1 Å². The number of hydrogen-bond donors (Lipinski definition) is 1. The van der Waals surface area contributed by atoms with Crippen LogP contribution in [-0.2, 0) is 11.3 Å². The molecule has 2 aromatic carbocycles. The van der Waals surface area contributed by atoms with Gasteiger partial charge in [-0.1, -0.05) is 36.4 Å². The zero-order valence-electron chi connectivity index (χ0n) is 21.3. The lowest BCUT2D eigenvalue weighted by Gasteiger charge is -2.30. The Kier molecular flexibility index (Phi) is 10.4. The lowest BCUT2D eigenvalue weighted by molar-refractivity contribution is -0.122. The summed E-state index contributed by atoms with van der Waals surface area (Å²) in [6.07, 6.45) is 10.8. The molecule has 0 saturated carbocycles. The molecule has 194 valence electrons. The minimum atomic E-state index is -0.256. The maximum absolute atomic E-state index is 13.0. The Morgan fingerprint density at radius 3 is 2.42 bits per heavy atom. The van der Waals surface area contributed by atoms with Gasteiger partial charge in [-0.2, -0.15) is 0 Å². The highest BCUT2D eigenvalue weighted by Crippen LogP contribution is 2.21. The van der Waals surface area contributed by atoms with Gasteiger partial charge in [0.25, 0.3) is 0 Å². The van der Waals surface area contributed by atoms with Crippen LogP contribution in [0.15, 0.2) is 54.6 Å². The zero-order valence-corrected chi connectivity index (χ0v) is 21.3. The van der Waals surface area contributed by atoms with Crippen LogP contribution in [0.3, 0.4) is 0 Å². The maximum Gasteiger partial charge on any atom is 0.220 e. The third-order valence-corrected chi connectivity index (χ3v) is 7.22. The lowest BCUT2D eigenvalue weighted by Crippen LogP contribution is -2.35. The molecule has 0 radical (unpaired) electrons. The molecule has 4 rings (SSSR count). The highest BCUT2D eigenvalue weighted by Gasteiger charge is 2.20. The van der Waals surface area contributed by atoms with Crippen molar-refractivity contribution in [3.63, 3.8) is 0 Å². The summed E-state index contributed by atoms with van der Waals surface area (Å²) in [6.45, 7) is 7.83. The minimum absolute atomic E-state index is 0.0803. The van der Waals surface area contributed by atoms with Crippen LogP contribution in [0.4, 0.5) is 4.39 Å². The molecule has 0 atom stereocenters. The van der Waals surface area contributed by atoms with Crippen LogP contribution in [0.2, 0.25) is 0 Å². The van der Waals surface area contributed by atoms with Crippen LogP contribution in [0.1, 0.15) is 49.7 Å². The van der Waals surface area contributed by atoms with Crippen LogP contribution in [0.5, 0.6) is 5.75 Å². The fraction of sp³-hybridized carbons (Fsp3) is 0.500. The molecule has 0 aliphatic carbocycles. The molecule has 2 heterocycles. The van der Waals surface area contributed by atoms with Gasteiger partial charge in [-0.15, -0.1) is 0 Å². The van der Waals surface area contributed by atoms with Gasteiger partial charge in [-0.05, 0) is 99.6 Å². The van der Waals surface area contributed by atoms with Crippen LogP contribution in [-0.4, -0.2) is 61.6 Å². The number of nitrogens with zero attached hydrogens (tertiary/aromatic N) is 2. The van der Waals surface area contributed by atoms with E-state index in [0.717, 1.165) is 63.4 Å². The fourth-order valence-corrected chi connectivity index (χ4v) is 5.01. The van der Waals surface area contributed by atoms with E-state index in [4.69, 9.17) is 4.74 Å². The van der Waals surface area contributed by atoms with E-state index >= 15 is 0 Å². The number of benzene rings is 2. The molecule has 2 aliphatic heterocycles. The Morgan fingerprint density at radius 2 is 1.69 bits per heavy atom. The van der Waals surface area contributed by atoms with Gasteiger partial charge < -0.3 is 15.0 Å². The molecule has 0 bridgehead atoms. The van der Waals surface area contributed by atoms with Crippen molar-refractivity contribution in [1.82, 2.24) is 15.1 Å². The highest BCUT2D eigenvalue weighted by molar-refractivity contribution is 5.76. The first-order valence-electron chi connectivity index (χ1n) is 13.5. The Hall–Kier alpha value is -2.70. The second-order valence-corrected chi connectivity index (χ2v) is 10.1. The zero-order chi connectivity index (χ0) is 25.0. The molecule has 2 aromatic rings. The molecule has 2 saturated heterocycles. The number of piperidine rings is 1. The summed E-state index contributed by atoms with van der Waals surface area (Å²) in [5, 5.41) is 2.96. The van der Waals surface area contributed by atoms with E-state index in [9.17, 15) is 9.18 Å². The van der Waals surface area contributed by atoms with E-state index in [1.54, 1.807) is 12.1 Å². The molecule has 2 aliphatic rings. The van der Waals surface area contributed by atoms with Crippen LogP contribution < -0.4 is 10.1 Å². The molecule has 36 heavy (non-hydrogen) atoms. The Balaban J connectivity index is 1.07. The largest absolute Gasteiger partial charge is 0.494 e. The standard InChI is InChI=1S/C30H40FN3O2/c31-28-10-6-27(7-11-28)24-32-30(35)23-26-14-20-34(21-15-26)18-3-5-25-8-12-29(13-9-25)36-22-4-19-33-16-1-2-17-33/h3,5-13,26H,1-2,4,14-24H2,(H,32,35)/b5-3+. The number of likely N-dealkylation sites (tertiary alicyclic amines) is 2. The van der Waals surface area contributed by atoms with Crippen LogP contribution in [0, 0.1) is 11.7 Å². The third kappa shape index (κ3) is 9.07. The van der Waals surface area contributed by atoms with Gasteiger partial charge in [0, 0.05) is 26.1 Å². The highest BCUT2D eigenvalue weighted by atomic mass is 19.1. The number of carbonyl (C=O) groups excluding carboxylic acids is 1. The van der Waals surface area contributed by atoms with Gasteiger partial charge in [0.2, 0.25) is 5.91 Å². The maximum atomic E-state index is 13.0. The number of ether oxygens (including phenoxy) is 1. The number of hydrogen-bond acceptors (Lipinski definition) is 4. The van der Waals surface area contributed by atoms with Crippen molar-refractivity contribution in [2.75, 3.05) is 45.9 Å². The number of nitrogens with one attached hydrogen (secondary N) is 1. The van der Waals surface area contributed by atoms with Crippen molar-refractivity contribution in [2.24, 2.45) is 5.92 Å². The monoisotopic (exact) mass is 493 g/mol. The summed E-state index contributed by atoms with van der Waals surface area (Å²) in [4.78, 5) is 17.3. The molecule has 6 heteroatoms. The minimum Gasteiger partial charge on any atom is -0.494 e. The molecule has 5 nitrogen and oxygen atoms in total. The van der Waals surface area contributed by atoms with Gasteiger partial charge in [0.05, 0.1) is 6.61 Å². The van der Waals surface area contributed by atoms with E-state index in [2.05, 4.69) is 51.5 Å². The molecule has 0 unspecified atom stereocenters. The summed E-state index contributed by atoms with van der Waals surface area (Å²) in [5.41, 5.74) is 2.11. The summed E-state index contributed by atoms with van der Waals surface area (Å²) < 4.78 is 18.9. The van der Waals surface area contributed by atoms with Gasteiger partial charge in [0.15, 0.2) is 0 Å². The average Bonchev–Trinajstić information content (AvgIpc) is 3.42. The summed E-state index contributed by atoms with van der Waals surface area (Å²) in [5.74, 6) is 1.20. The summed E-state index contributed by atoms with van der Waals surface area (Å²) in [6, 6.07) is 14.6. The molecule has 1 amide bonds. The fourth-order valence-electron chi connectivity index (χ4n) is 5.01. The van der Waals surface area contributed by atoms with Crippen molar-refractivity contribution >= 4 is 12.0 Å². The first-order valence-corrected chi connectivity index (χ1v) is 13.5. The first-order chi connectivity index (χ1) is 17.6. The topological polar surface area (TPSA) is 44.8 Å². The van der Waals surface area contributed by atoms with E-state index in [1.165, 1.54) is 43.6 Å². The molecular weight excluding hydrogens is 453 g/mol. The van der Waals surface area contributed by atoms with E-state index in [0.29, 0.717) is 18.9 Å². The molecule has 0 aromatic heterocycles.